The number of amides is 2. The van der Waals surface area contributed by atoms with E-state index in [9.17, 15) is 59.0 Å². The zero-order chi connectivity index (χ0) is 90.8. The summed E-state index contributed by atoms with van der Waals surface area (Å²) in [6.07, 6.45) is -4.18. The summed E-state index contributed by atoms with van der Waals surface area (Å²) in [5, 5.41) is 77.7. The lowest BCUT2D eigenvalue weighted by molar-refractivity contribution is -0.171. The van der Waals surface area contributed by atoms with Gasteiger partial charge in [-0.3, -0.25) is 24.5 Å². The molecule has 0 radical (unpaired) electrons. The fourth-order valence-electron chi connectivity index (χ4n) is 11.9. The van der Waals surface area contributed by atoms with Gasteiger partial charge in [-0.05, 0) is 93.1 Å². The number of halogens is 10. The van der Waals surface area contributed by atoms with E-state index in [-0.39, 0.29) is 106 Å². The van der Waals surface area contributed by atoms with Gasteiger partial charge in [-0.2, -0.15) is 53.1 Å². The molecule has 644 valence electrons. The number of carbonyl (C=O) groups is 3. The van der Waals surface area contributed by atoms with Crippen LogP contribution in [-0.2, 0) is 58.6 Å². The maximum absolute atomic E-state index is 12.4. The Hall–Kier alpha value is -13.6. The van der Waals surface area contributed by atoms with Gasteiger partial charge in [-0.1, -0.05) is 70.1 Å². The van der Waals surface area contributed by atoms with Crippen molar-refractivity contribution in [2.24, 2.45) is 5.73 Å². The number of aliphatic hydroxyl groups excluding tert-OH is 1. The number of fused-ring (bicyclic) bond motifs is 9. The molecule has 3 aromatic carbocycles. The average molecular weight is 1740 g/mol. The first-order valence-corrected chi connectivity index (χ1v) is 36.7. The molecule has 2 unspecified atom stereocenters. The smallest absolute Gasteiger partial charge is 0.405 e. The minimum Gasteiger partial charge on any atom is -0.478 e. The second-order valence-corrected chi connectivity index (χ2v) is 26.4. The van der Waals surface area contributed by atoms with E-state index in [0.29, 0.717) is 110 Å². The van der Waals surface area contributed by atoms with E-state index in [0.717, 1.165) is 54.7 Å². The molecule has 46 heteroatoms. The fourth-order valence-corrected chi connectivity index (χ4v) is 11.9. The first-order chi connectivity index (χ1) is 61.4. The van der Waals surface area contributed by atoms with E-state index in [1.165, 1.54) is 64.0 Å². The summed E-state index contributed by atoms with van der Waals surface area (Å²) >= 11 is 0. The largest absolute Gasteiger partial charge is 0.478 e. The number of hydrogen-bond donors (Lipinski definition) is 5. The van der Waals surface area contributed by atoms with Gasteiger partial charge in [0.1, 0.15) is 52.7 Å². The number of nitrogens with two attached hydrogens (primary N) is 1. The number of hydrogen-bond acceptors (Lipinski definition) is 30. The van der Waals surface area contributed by atoms with Crippen molar-refractivity contribution in [1.29, 1.82) is 0 Å². The molecule has 0 bridgehead atoms. The lowest BCUT2D eigenvalue weighted by atomic mass is 10.2. The van der Waals surface area contributed by atoms with Crippen LogP contribution in [0.15, 0.2) is 160 Å². The molecule has 2 saturated heterocycles. The maximum atomic E-state index is 12.4. The van der Waals surface area contributed by atoms with Crippen LogP contribution in [0.2, 0.25) is 0 Å². The zero-order valence-corrected chi connectivity index (χ0v) is 64.0. The summed E-state index contributed by atoms with van der Waals surface area (Å²) in [6.45, 7) is -2.60. The highest BCUT2D eigenvalue weighted by atomic mass is 35.5. The number of benzene rings is 3. The minimum absolute atomic E-state index is 0. The van der Waals surface area contributed by atoms with Crippen LogP contribution in [0, 0.1) is 0 Å². The van der Waals surface area contributed by atoms with Crippen LogP contribution in [0.4, 0.5) is 39.5 Å². The van der Waals surface area contributed by atoms with Crippen LogP contribution in [0.5, 0.6) is 17.6 Å². The molecule has 2 atom stereocenters. The lowest BCUT2D eigenvalue weighted by Gasteiger charge is -2.21. The SMILES string of the molecule is Cl.NCC(F)(F)F.O=C(NCC(F)(F)F)c1ccc(COc2nn3c(-c4cc(CO)on4)nnc3c3ccccc23)nc1.O=C(NCC(F)(F)F)c1ccc(COc2nn3c(-c4cc(COC5CCCCO5)on4)nnc3c3ccccc23)nc1.O=C(O)c1ccc(COc2nn3c(-c4cc(COC5CCCCO5)on4)nnc3c3ccccc23)nc1.[2HH].[2H][2H].[2H][2H].[2H][2H]. The van der Waals surface area contributed by atoms with Gasteiger partial charge in [0.2, 0.25) is 35.1 Å². The summed E-state index contributed by atoms with van der Waals surface area (Å²) in [5.41, 5.74) is 8.32. The third-order valence-corrected chi connectivity index (χ3v) is 17.8. The number of pyridine rings is 3. The number of nitrogens with one attached hydrogen (secondary N) is 2. The molecular formula is C76H75ClF9N21O15. The number of rotatable bonds is 24. The molecule has 36 nitrogen and oxygen atoms in total. The first-order valence-electron chi connectivity index (χ1n) is 39.7. The number of aliphatic hydroxyl groups is 1. The average Bonchev–Trinajstić information content (AvgIpc) is 1.64. The summed E-state index contributed by atoms with van der Waals surface area (Å²) < 4.78 is 197. The van der Waals surface area contributed by atoms with Crippen molar-refractivity contribution in [1.82, 2.24) is 100 Å². The van der Waals surface area contributed by atoms with Gasteiger partial charge in [0, 0.05) is 92.7 Å². The number of carboxylic acid groups (broad SMARTS) is 1. The normalized spacial score (nSPS) is 14.5. The second-order valence-electron chi connectivity index (χ2n) is 26.4. The molecule has 0 spiro atoms. The van der Waals surface area contributed by atoms with Gasteiger partial charge in [0.25, 0.3) is 11.8 Å². The van der Waals surface area contributed by atoms with E-state index < -0.39 is 55.9 Å². The second kappa shape index (κ2) is 38.6. The number of aromatic carboxylic acids is 1. The monoisotopic (exact) mass is 1730 g/mol. The van der Waals surface area contributed by atoms with Crippen molar-refractivity contribution in [3.8, 4) is 52.2 Å². The van der Waals surface area contributed by atoms with Gasteiger partial charge in [0.15, 0.2) is 63.9 Å². The predicted octanol–water partition coefficient (Wildman–Crippen LogP) is 12.5. The van der Waals surface area contributed by atoms with Crippen molar-refractivity contribution >= 4 is 79.4 Å². The van der Waals surface area contributed by atoms with E-state index in [1.54, 1.807) is 34.1 Å². The topological polar surface area (TPSA) is 452 Å². The fraction of sp³-hybridized carbons (Fsp3) is 0.289. The predicted molar refractivity (Wildman–Crippen MR) is 414 cm³/mol. The molecule has 15 aromatic rings. The first kappa shape index (κ1) is 82.1. The van der Waals surface area contributed by atoms with Crippen molar-refractivity contribution < 1.29 is 121 Å². The number of nitrogens with zero attached hydrogens (tertiary/aromatic N) is 18. The van der Waals surface area contributed by atoms with Crippen molar-refractivity contribution in [2.45, 2.75) is 109 Å². The molecule has 17 rings (SSSR count). The number of alkyl halides is 9. The lowest BCUT2D eigenvalue weighted by Crippen LogP contribution is -2.33. The van der Waals surface area contributed by atoms with Gasteiger partial charge in [-0.25, -0.2) is 4.79 Å². The Labute approximate surface area is 695 Å². The molecule has 122 heavy (non-hydrogen) atoms. The molecule has 2 aliphatic heterocycles. The van der Waals surface area contributed by atoms with Gasteiger partial charge in [-0.15, -0.1) is 58.3 Å². The third kappa shape index (κ3) is 21.7. The Morgan fingerprint density at radius 1 is 0.467 bits per heavy atom. The highest BCUT2D eigenvalue weighted by Gasteiger charge is 2.31. The molecule has 2 aliphatic rings. The Morgan fingerprint density at radius 2 is 0.803 bits per heavy atom. The number of carbonyl (C=O) groups excluding carboxylic acids is 2. The summed E-state index contributed by atoms with van der Waals surface area (Å²) in [4.78, 5) is 47.3. The molecular weight excluding hydrogens is 1650 g/mol. The van der Waals surface area contributed by atoms with E-state index in [2.05, 4.69) is 82.0 Å². The molecule has 6 N–H and O–H groups in total. The van der Waals surface area contributed by atoms with E-state index >= 15 is 0 Å². The van der Waals surface area contributed by atoms with Crippen LogP contribution in [0.25, 0.3) is 83.8 Å². The van der Waals surface area contributed by atoms with Crippen LogP contribution in [-0.4, -0.2) is 182 Å². The van der Waals surface area contributed by atoms with Crippen molar-refractivity contribution in [2.75, 3.05) is 32.8 Å². The quantitative estimate of drug-likeness (QED) is 0.0351. The van der Waals surface area contributed by atoms with Gasteiger partial charge >= 0.3 is 24.5 Å². The summed E-state index contributed by atoms with van der Waals surface area (Å²) in [7, 11) is 0. The summed E-state index contributed by atoms with van der Waals surface area (Å²) in [6, 6.07) is 35.9. The number of ether oxygens (including phenoxy) is 7. The van der Waals surface area contributed by atoms with Crippen LogP contribution in [0.1, 0.15) is 114 Å². The van der Waals surface area contributed by atoms with Gasteiger partial charge in [0.05, 0.1) is 40.3 Å². The minimum atomic E-state index is -4.51. The number of carboxylic acids is 1. The van der Waals surface area contributed by atoms with E-state index in [1.807, 2.05) is 72.0 Å². The third-order valence-electron chi connectivity index (χ3n) is 17.8. The standard InChI is InChI=1S/C27H24F3N7O5.C25H22N6O6.C22H16F3N7O4.C2H4F3N.ClH.4H2/c28-27(29,30)15-32-25(38)16-8-9-17(31-12-16)13-41-26-20-6-2-1-5-19(20)23-33-34-24(37(23)35-26)21-11-18(42-36-21)14-40-22-7-3-4-10-39-22;32-25(33)15-8-9-16(26-12-15)13-36-24-19-6-2-1-5-18(19)22-27-28-23(31(22)29-24)20-11-17(37-30-20)14-35-21-7-3-4-10-34-21;23-22(24,25)11-27-20(34)12-5-6-13(26-8-12)10-35-21-16-4-2-1-3-15(16)18-28-29-19(32(18)30-21)17-7-14(9-33)36-31-17;3-2(4,5)1-6;;;;;/h1-2,5-6,8-9,11-12,22H,3-4,7,10,13-15H2,(H,32,38);1-2,5-6,8-9,11-12,21H,3-4,7,10,13-14H2,(H,32,33);1-8,33H,9-11H2,(H,27,34);1,6H2;5*1H/i;;;;;3*1+1D;1+1. The van der Waals surface area contributed by atoms with Crippen LogP contribution < -0.4 is 30.6 Å². The van der Waals surface area contributed by atoms with Gasteiger partial charge < -0.3 is 73.3 Å². The number of aromatic nitrogens is 18. The molecule has 2 fully saturated rings. The Bertz CT molecular complexity index is 6140. The highest BCUT2D eigenvalue weighted by Crippen LogP contribution is 2.34. The molecule has 0 saturated carbocycles. The Morgan fingerprint density at radius 3 is 1.10 bits per heavy atom. The van der Waals surface area contributed by atoms with Crippen LogP contribution >= 0.6 is 12.4 Å². The molecule has 0 aliphatic carbocycles. The van der Waals surface area contributed by atoms with Crippen molar-refractivity contribution in [3.63, 3.8) is 0 Å². The van der Waals surface area contributed by atoms with E-state index in [4.69, 9.17) is 60.7 Å². The van der Waals surface area contributed by atoms with Crippen molar-refractivity contribution in [3.05, 3.63) is 197 Å². The Balaban J connectivity index is 0.000000204. The maximum Gasteiger partial charge on any atom is 0.405 e. The Kier molecular flexibility index (Phi) is 26.0. The molecule has 2 amide bonds. The molecule has 12 aromatic heterocycles. The van der Waals surface area contributed by atoms with Crippen LogP contribution in [0.3, 0.4) is 0 Å². The highest BCUT2D eigenvalue weighted by molar-refractivity contribution is 5.99. The molecule has 14 heterocycles. The summed E-state index contributed by atoms with van der Waals surface area (Å²) in [5.74, 6) is 0.306. The zero-order valence-electron chi connectivity index (χ0n) is 69.2.